The van der Waals surface area contributed by atoms with Crippen molar-refractivity contribution in [2.45, 2.75) is 142 Å². The molecule has 0 bridgehead atoms. The van der Waals surface area contributed by atoms with Gasteiger partial charge >= 0.3 is 0 Å². The number of aliphatic hydroxyl groups is 6. The second-order valence-electron chi connectivity index (χ2n) is 40.3. The molecule has 14 saturated heterocycles. The minimum atomic E-state index is -0.780. The van der Waals surface area contributed by atoms with Gasteiger partial charge in [0.25, 0.3) is 0 Å². The predicted octanol–water partition coefficient (Wildman–Crippen LogP) is 7.85. The van der Waals surface area contributed by atoms with Crippen molar-refractivity contribution in [1.29, 1.82) is 0 Å². The zero-order valence-corrected chi connectivity index (χ0v) is 85.7. The van der Waals surface area contributed by atoms with Crippen LogP contribution < -0.4 is 72.2 Å². The number of hydrogen-bond donors (Lipinski definition) is 6. The van der Waals surface area contributed by atoms with E-state index in [0.717, 1.165) is 240 Å². The van der Waals surface area contributed by atoms with Gasteiger partial charge in [-0.1, -0.05) is 17.7 Å². The Morgan fingerprint density at radius 2 is 0.412 bits per heavy atom. The van der Waals surface area contributed by atoms with Gasteiger partial charge in [-0.05, 0) is 203 Å². The lowest BCUT2D eigenvalue weighted by atomic mass is 10.2. The molecule has 14 heterocycles. The fourth-order valence-corrected chi connectivity index (χ4v) is 16.6. The van der Waals surface area contributed by atoms with E-state index in [1.807, 2.05) is 196 Å². The number of likely N-dealkylation sites (N-methyl/N-ethyl adjacent to an activating group) is 1. The topological polar surface area (TPSA) is 397 Å². The highest BCUT2D eigenvalue weighted by atomic mass is 35.5. The van der Waals surface area contributed by atoms with E-state index in [4.69, 9.17) is 116 Å². The van der Waals surface area contributed by atoms with Crippen molar-refractivity contribution in [1.82, 2.24) is 4.90 Å². The number of alkyl halides is 1. The van der Waals surface area contributed by atoms with Crippen LogP contribution in [0.15, 0.2) is 194 Å². The molecular formula is C111H147ClN8O28. The molecule has 8 aromatic carbocycles. The third-order valence-electron chi connectivity index (χ3n) is 26.1. The summed E-state index contributed by atoms with van der Waals surface area (Å²) >= 11 is 5.78. The van der Waals surface area contributed by atoms with Gasteiger partial charge in [-0.25, -0.2) is 0 Å². The third-order valence-corrected chi connectivity index (χ3v) is 26.4. The van der Waals surface area contributed by atoms with Crippen molar-refractivity contribution in [3.8, 4) is 46.0 Å². The van der Waals surface area contributed by atoms with E-state index in [-0.39, 0.29) is 57.7 Å². The molecule has 37 heteroatoms. The first-order valence-corrected chi connectivity index (χ1v) is 52.8. The number of hydrogen-bond acceptors (Lipinski definition) is 36. The number of anilines is 7. The largest absolute Gasteiger partial charge is 0.493 e. The van der Waals surface area contributed by atoms with Crippen molar-refractivity contribution in [2.24, 2.45) is 0 Å². The Balaban J connectivity index is 0.000000123. The van der Waals surface area contributed by atoms with Crippen LogP contribution in [0.2, 0.25) is 0 Å². The van der Waals surface area contributed by atoms with Crippen molar-refractivity contribution >= 4 is 51.4 Å². The average molecular weight is 2080 g/mol. The fraction of sp³-hybridized carbons (Fsp3) is 0.568. The molecule has 22 rings (SSSR count). The molecule has 19 atom stereocenters. The number of rotatable bonds is 65. The number of aliphatic hydroxyl groups excluding tert-OH is 6. The summed E-state index contributed by atoms with van der Waals surface area (Å²) < 4.78 is 121. The monoisotopic (exact) mass is 2080 g/mol. The summed E-state index contributed by atoms with van der Waals surface area (Å²) in [5.74, 6) is 6.02. The zero-order valence-electron chi connectivity index (χ0n) is 84.9. The second-order valence-corrected chi connectivity index (χ2v) is 40.6. The summed E-state index contributed by atoms with van der Waals surface area (Å²) in [6, 6.07) is 63.1. The maximum atomic E-state index is 10.4. The fourth-order valence-electron chi connectivity index (χ4n) is 16.5. The first-order chi connectivity index (χ1) is 72.2. The minimum absolute atomic E-state index is 0.110. The highest BCUT2D eigenvalue weighted by Gasteiger charge is 2.39. The zero-order chi connectivity index (χ0) is 102. The Morgan fingerprint density at radius 1 is 0.236 bits per heavy atom. The normalized spacial score (nSPS) is 24.4. The smallest absolute Gasteiger partial charge is 0.122 e. The van der Waals surface area contributed by atoms with Crippen molar-refractivity contribution in [3.05, 3.63) is 200 Å². The number of halogens is 1. The molecule has 0 aliphatic carbocycles. The molecule has 0 amide bonds. The van der Waals surface area contributed by atoms with Gasteiger partial charge < -0.3 is 174 Å². The Kier molecular flexibility index (Phi) is 39.7. The molecular weight excluding hydrogens is 1930 g/mol. The first-order valence-electron chi connectivity index (χ1n) is 52.2. The lowest BCUT2D eigenvalue weighted by molar-refractivity contribution is 0.0626. The molecule has 14 fully saturated rings. The van der Waals surface area contributed by atoms with Crippen LogP contribution in [-0.2, 0) is 66.3 Å². The second kappa shape index (κ2) is 54.5. The van der Waals surface area contributed by atoms with Gasteiger partial charge in [0, 0.05) is 151 Å². The van der Waals surface area contributed by atoms with E-state index in [1.54, 1.807) is 6.92 Å². The summed E-state index contributed by atoms with van der Waals surface area (Å²) in [6.07, 6.45) is 1.47. The molecule has 36 nitrogen and oxygen atoms in total. The summed E-state index contributed by atoms with van der Waals surface area (Å²) in [6.45, 7) is 30.4. The first kappa shape index (κ1) is 108. The van der Waals surface area contributed by atoms with Crippen LogP contribution >= 0.6 is 11.6 Å². The Hall–Kier alpha value is -9.79. The average Bonchev–Trinajstić information content (AvgIpc) is 1.73. The standard InChI is InChI=1S/C27H35ClN2O7.C27H34N2O7.C22H27NO5.C20H30N2O5.C15H21NO4/c28-9-21(31)10-29(11-25-16-35-25)19-1-5-23(6-2-19)33-14-22(32)15-34-24-7-3-20(4-8-24)30(12-26-17-36-26)13-27-18-37-27;30-21(13-31-22-5-1-19(2-6-22)28(9-24-15-33-24)10-25-16-34-25)14-32-23-7-3-20(4-8-23)29(11-26-17-35-26)12-27-18-36-27;1-16-2-6-19(7-3-16)25-12-18(24)13-26-20-8-4-17(5-9-20)23(10-21-14-27-21)11-22-15-28-22;1-21(9-18-12-25-18)8-16(23)6-7-24-17-4-2-15(3-5-17)22(10-19-13-26-19)11-20-14-27-20;1-11(17)8-18-13-4-2-12(3-5-13)16(6-14-9-19-14)7-15-10-20-15/h1-8,21-22,25-27,31-32H,9-18H2;1-8,21,24-27,30H,9-18H2;2-9,18,21-22,24H,10-15H2,1H3;2-5,16,18-20,23H,6-14H2,1H3;2-5,11,14-15,17H,6-10H2,1H3. The number of benzene rings is 8. The van der Waals surface area contributed by atoms with Gasteiger partial charge in [-0.2, -0.15) is 0 Å². The highest BCUT2D eigenvalue weighted by molar-refractivity contribution is 6.18. The SMILES string of the molecule is CC(O)COc1ccc(N(CC2CO2)CC2CO2)cc1.CN(CC(O)CCOc1ccc(N(CC2CO2)CC2CO2)cc1)CC1CO1.Cc1ccc(OCC(O)COc2ccc(N(CC3CO3)CC3CO3)cc2)cc1.OC(COc1ccc(N(CC(O)CCl)CC2CO2)cc1)COc1ccc(N(CC2CO2)CC2CO2)cc1.OC(COc1ccc(N(CC2CO2)CC2CO2)cc1)COc1ccc(N(CC2CO2)CC2CO2)cc1. The number of epoxide rings is 14. The molecule has 0 radical (unpaired) electrons. The van der Waals surface area contributed by atoms with Crippen molar-refractivity contribution in [2.75, 3.05) is 297 Å². The number of nitrogens with zero attached hydrogens (tertiary/aromatic N) is 8. The summed E-state index contributed by atoms with van der Waals surface area (Å²) in [5.41, 5.74) is 8.91. The van der Waals surface area contributed by atoms with Crippen LogP contribution in [0, 0.1) is 6.92 Å². The van der Waals surface area contributed by atoms with Crippen LogP contribution in [0.5, 0.6) is 46.0 Å². The van der Waals surface area contributed by atoms with Crippen LogP contribution in [0.25, 0.3) is 0 Å². The van der Waals surface area contributed by atoms with Crippen LogP contribution in [0.3, 0.4) is 0 Å². The molecule has 8 aromatic rings. The molecule has 14 aliphatic heterocycles. The molecule has 0 spiro atoms. The van der Waals surface area contributed by atoms with E-state index in [2.05, 4.69) is 51.3 Å². The van der Waals surface area contributed by atoms with E-state index in [1.165, 1.54) is 5.56 Å². The van der Waals surface area contributed by atoms with Gasteiger partial charge in [0.2, 0.25) is 0 Å². The lowest BCUT2D eigenvalue weighted by Crippen LogP contribution is -2.36. The van der Waals surface area contributed by atoms with Crippen LogP contribution in [0.1, 0.15) is 18.9 Å². The van der Waals surface area contributed by atoms with Crippen LogP contribution in [-0.4, -0.2) is 421 Å². The third kappa shape index (κ3) is 40.7. The molecule has 0 aromatic heterocycles. The van der Waals surface area contributed by atoms with Gasteiger partial charge in [0.15, 0.2) is 0 Å². The predicted molar refractivity (Wildman–Crippen MR) is 557 cm³/mol. The minimum Gasteiger partial charge on any atom is -0.493 e. The molecule has 14 aliphatic rings. The Labute approximate surface area is 871 Å². The van der Waals surface area contributed by atoms with Gasteiger partial charge in [-0.3, -0.25) is 0 Å². The highest BCUT2D eigenvalue weighted by Crippen LogP contribution is 2.35. The summed E-state index contributed by atoms with van der Waals surface area (Å²) in [5, 5.41) is 60.1. The maximum Gasteiger partial charge on any atom is 0.122 e. The lowest BCUT2D eigenvalue weighted by Gasteiger charge is -2.26. The Morgan fingerprint density at radius 3 is 0.608 bits per heavy atom. The molecule has 19 unspecified atom stereocenters. The Bertz CT molecular complexity index is 4990. The van der Waals surface area contributed by atoms with Crippen LogP contribution in [0.4, 0.5) is 39.8 Å². The molecule has 148 heavy (non-hydrogen) atoms. The quantitative estimate of drug-likeness (QED) is 0.0156. The maximum absolute atomic E-state index is 10.4. The van der Waals surface area contributed by atoms with Crippen molar-refractivity contribution < 1.29 is 135 Å². The van der Waals surface area contributed by atoms with Gasteiger partial charge in [0.05, 0.1) is 209 Å². The van der Waals surface area contributed by atoms with Crippen molar-refractivity contribution in [3.63, 3.8) is 0 Å². The number of aryl methyl sites for hydroxylation is 1. The number of ether oxygens (including phenoxy) is 22. The molecule has 0 saturated carbocycles. The van der Waals surface area contributed by atoms with E-state index >= 15 is 0 Å². The van der Waals surface area contributed by atoms with Gasteiger partial charge in [0.1, 0.15) is 111 Å². The summed E-state index contributed by atoms with van der Waals surface area (Å²) in [4.78, 5) is 18.0. The van der Waals surface area contributed by atoms with E-state index in [9.17, 15) is 30.6 Å². The molecule has 806 valence electrons. The van der Waals surface area contributed by atoms with E-state index in [0.29, 0.717) is 142 Å². The molecule has 6 N–H and O–H groups in total. The summed E-state index contributed by atoms with van der Waals surface area (Å²) in [7, 11) is 2.01. The van der Waals surface area contributed by atoms with Gasteiger partial charge in [-0.15, -0.1) is 11.6 Å². The van der Waals surface area contributed by atoms with E-state index < -0.39 is 30.5 Å².